The maximum Gasteiger partial charge on any atom is 0.279 e. The van der Waals surface area contributed by atoms with Gasteiger partial charge in [0.05, 0.1) is 0 Å². The first-order valence-electron chi connectivity index (χ1n) is 3.88. The van der Waals surface area contributed by atoms with E-state index in [4.69, 9.17) is 39.3 Å². The predicted octanol–water partition coefficient (Wildman–Crippen LogP) is 2.96. The number of alkyl halides is 3. The molecule has 2 rings (SSSR count). The van der Waals surface area contributed by atoms with Gasteiger partial charge in [-0.3, -0.25) is 4.98 Å². The summed E-state index contributed by atoms with van der Waals surface area (Å²) in [6.07, 6.45) is 3.22. The summed E-state index contributed by atoms with van der Waals surface area (Å²) in [5.74, 6) is 0.304. The van der Waals surface area contributed by atoms with Crippen LogP contribution in [0.2, 0.25) is 0 Å². The number of aromatic nitrogens is 3. The number of halogens is 3. The third-order valence-corrected chi connectivity index (χ3v) is 2.09. The Morgan fingerprint density at radius 3 is 2.33 bits per heavy atom. The number of hydrogen-bond acceptors (Lipinski definition) is 4. The van der Waals surface area contributed by atoms with Crippen LogP contribution in [0.15, 0.2) is 29.0 Å². The lowest BCUT2D eigenvalue weighted by Gasteiger charge is -2.01. The zero-order valence-electron chi connectivity index (χ0n) is 7.19. The Morgan fingerprint density at radius 1 is 1.13 bits per heavy atom. The average molecular weight is 264 g/mol. The maximum absolute atomic E-state index is 5.58. The van der Waals surface area contributed by atoms with Crippen LogP contribution in [-0.4, -0.2) is 15.1 Å². The van der Waals surface area contributed by atoms with Crippen LogP contribution in [0.5, 0.6) is 0 Å². The molecule has 0 spiro atoms. The Labute approximate surface area is 100 Å². The Morgan fingerprint density at radius 2 is 1.80 bits per heavy atom. The minimum Gasteiger partial charge on any atom is -0.334 e. The minimum atomic E-state index is -1.70. The molecule has 2 aromatic heterocycles. The fraction of sp³-hybridized carbons (Fsp3) is 0.125. The number of rotatable bonds is 1. The zero-order chi connectivity index (χ0) is 10.9. The van der Waals surface area contributed by atoms with E-state index in [-0.39, 0.29) is 5.89 Å². The maximum atomic E-state index is 5.58. The smallest absolute Gasteiger partial charge is 0.279 e. The van der Waals surface area contributed by atoms with Crippen molar-refractivity contribution in [2.75, 3.05) is 0 Å². The van der Waals surface area contributed by atoms with Crippen molar-refractivity contribution in [1.82, 2.24) is 15.1 Å². The van der Waals surface area contributed by atoms with Gasteiger partial charge in [0.25, 0.3) is 9.68 Å². The molecule has 0 amide bonds. The molecular weight excluding hydrogens is 260 g/mol. The fourth-order valence-corrected chi connectivity index (χ4v) is 1.19. The molecule has 15 heavy (non-hydrogen) atoms. The van der Waals surface area contributed by atoms with E-state index in [2.05, 4.69) is 15.1 Å². The van der Waals surface area contributed by atoms with Crippen molar-refractivity contribution < 1.29 is 4.52 Å². The summed E-state index contributed by atoms with van der Waals surface area (Å²) in [5.41, 5.74) is 0.745. The van der Waals surface area contributed by atoms with Crippen molar-refractivity contribution in [1.29, 1.82) is 0 Å². The van der Waals surface area contributed by atoms with Crippen LogP contribution in [0.25, 0.3) is 11.4 Å². The van der Waals surface area contributed by atoms with Crippen LogP contribution in [0.3, 0.4) is 0 Å². The first kappa shape index (κ1) is 10.7. The monoisotopic (exact) mass is 263 g/mol. The molecule has 4 nitrogen and oxygen atoms in total. The minimum absolute atomic E-state index is 0.0562. The van der Waals surface area contributed by atoms with Gasteiger partial charge in [-0.25, -0.2) is 0 Å². The van der Waals surface area contributed by atoms with Gasteiger partial charge in [0, 0.05) is 18.0 Å². The van der Waals surface area contributed by atoms with Crippen LogP contribution in [0, 0.1) is 0 Å². The van der Waals surface area contributed by atoms with Crippen LogP contribution in [0.1, 0.15) is 5.89 Å². The number of hydrogen-bond donors (Lipinski definition) is 0. The molecule has 0 unspecified atom stereocenters. The Hall–Kier alpha value is -0.840. The van der Waals surface area contributed by atoms with Crippen LogP contribution >= 0.6 is 34.8 Å². The molecule has 0 atom stereocenters. The lowest BCUT2D eigenvalue weighted by atomic mass is 10.2. The molecule has 7 heteroatoms. The highest BCUT2D eigenvalue weighted by Crippen LogP contribution is 2.37. The number of pyridine rings is 1. The van der Waals surface area contributed by atoms with Gasteiger partial charge in [-0.2, -0.15) is 4.98 Å². The van der Waals surface area contributed by atoms with Gasteiger partial charge in [-0.1, -0.05) is 40.0 Å². The van der Waals surface area contributed by atoms with Gasteiger partial charge in [0.1, 0.15) is 0 Å². The van der Waals surface area contributed by atoms with E-state index in [1.165, 1.54) is 0 Å². The lowest BCUT2D eigenvalue weighted by Crippen LogP contribution is -1.99. The predicted molar refractivity (Wildman–Crippen MR) is 56.8 cm³/mol. The van der Waals surface area contributed by atoms with Crippen LogP contribution < -0.4 is 0 Å². The molecule has 2 heterocycles. The third kappa shape index (κ3) is 2.40. The van der Waals surface area contributed by atoms with E-state index >= 15 is 0 Å². The van der Waals surface area contributed by atoms with Crippen molar-refractivity contribution in [3.8, 4) is 11.4 Å². The van der Waals surface area contributed by atoms with Crippen molar-refractivity contribution in [2.45, 2.75) is 3.79 Å². The highest BCUT2D eigenvalue weighted by molar-refractivity contribution is 6.66. The summed E-state index contributed by atoms with van der Waals surface area (Å²) >= 11 is 16.7. The SMILES string of the molecule is ClC(Cl)(Cl)c1nc(-c2ccncc2)no1. The molecule has 0 N–H and O–H groups in total. The largest absolute Gasteiger partial charge is 0.334 e. The summed E-state index contributed by atoms with van der Waals surface area (Å²) in [7, 11) is 0. The Balaban J connectivity index is 2.37. The van der Waals surface area contributed by atoms with Gasteiger partial charge < -0.3 is 4.52 Å². The van der Waals surface area contributed by atoms with Crippen molar-refractivity contribution in [3.63, 3.8) is 0 Å². The molecule has 0 aliphatic heterocycles. The van der Waals surface area contributed by atoms with Gasteiger partial charge in [0.2, 0.25) is 5.82 Å². The molecular formula is C8H4Cl3N3O. The second-order valence-electron chi connectivity index (χ2n) is 2.66. The molecule has 0 saturated carbocycles. The second-order valence-corrected chi connectivity index (χ2v) is 4.94. The van der Waals surface area contributed by atoms with Gasteiger partial charge in [-0.15, -0.1) is 0 Å². The molecule has 0 saturated heterocycles. The Bertz CT molecular complexity index is 452. The zero-order valence-corrected chi connectivity index (χ0v) is 9.46. The van der Waals surface area contributed by atoms with E-state index in [0.717, 1.165) is 5.56 Å². The molecule has 0 aliphatic carbocycles. The molecule has 0 radical (unpaired) electrons. The first-order valence-corrected chi connectivity index (χ1v) is 5.02. The molecule has 2 aromatic rings. The highest BCUT2D eigenvalue weighted by Gasteiger charge is 2.30. The molecule has 0 aliphatic rings. The van der Waals surface area contributed by atoms with E-state index in [1.807, 2.05) is 0 Å². The summed E-state index contributed by atoms with van der Waals surface area (Å²) in [4.78, 5) is 7.81. The summed E-state index contributed by atoms with van der Waals surface area (Å²) in [6, 6.07) is 3.46. The highest BCUT2D eigenvalue weighted by atomic mass is 35.6. The topological polar surface area (TPSA) is 51.8 Å². The lowest BCUT2D eigenvalue weighted by molar-refractivity contribution is 0.383. The summed E-state index contributed by atoms with van der Waals surface area (Å²) < 4.78 is 3.11. The van der Waals surface area contributed by atoms with E-state index in [1.54, 1.807) is 24.5 Å². The average Bonchev–Trinajstić information content (AvgIpc) is 2.67. The van der Waals surface area contributed by atoms with E-state index in [0.29, 0.717) is 5.82 Å². The van der Waals surface area contributed by atoms with Gasteiger partial charge in [0.15, 0.2) is 0 Å². The second kappa shape index (κ2) is 3.96. The molecule has 78 valence electrons. The van der Waals surface area contributed by atoms with Crippen molar-refractivity contribution in [2.24, 2.45) is 0 Å². The van der Waals surface area contributed by atoms with E-state index < -0.39 is 3.79 Å². The third-order valence-electron chi connectivity index (χ3n) is 1.61. The summed E-state index contributed by atoms with van der Waals surface area (Å²) in [5, 5.41) is 3.69. The quantitative estimate of drug-likeness (QED) is 0.743. The first-order chi connectivity index (χ1) is 7.07. The number of nitrogens with zero attached hydrogens (tertiary/aromatic N) is 3. The Kier molecular flexibility index (Phi) is 2.82. The molecule has 0 fully saturated rings. The standard InChI is InChI=1S/C8H4Cl3N3O/c9-8(10,11)7-13-6(14-15-7)5-1-3-12-4-2-5/h1-4H. The van der Waals surface area contributed by atoms with Crippen LogP contribution in [-0.2, 0) is 3.79 Å². The van der Waals surface area contributed by atoms with Crippen LogP contribution in [0.4, 0.5) is 0 Å². The normalized spacial score (nSPS) is 11.7. The van der Waals surface area contributed by atoms with Gasteiger partial charge >= 0.3 is 0 Å². The van der Waals surface area contributed by atoms with Crippen molar-refractivity contribution in [3.05, 3.63) is 30.4 Å². The molecule has 0 aromatic carbocycles. The fourth-order valence-electron chi connectivity index (χ4n) is 0.957. The van der Waals surface area contributed by atoms with Gasteiger partial charge in [-0.05, 0) is 12.1 Å². The van der Waals surface area contributed by atoms with Crippen molar-refractivity contribution >= 4 is 34.8 Å². The van der Waals surface area contributed by atoms with E-state index in [9.17, 15) is 0 Å². The summed E-state index contributed by atoms with van der Waals surface area (Å²) in [6.45, 7) is 0. The molecule has 0 bridgehead atoms.